The van der Waals surface area contributed by atoms with Gasteiger partial charge >= 0.3 is 5.97 Å². The van der Waals surface area contributed by atoms with Gasteiger partial charge in [-0.25, -0.2) is 0 Å². The fraction of sp³-hybridized carbons (Fsp3) is 0.409. The molecule has 0 fully saturated rings. The number of rotatable bonds is 10. The molecule has 0 heterocycles. The van der Waals surface area contributed by atoms with E-state index in [2.05, 4.69) is 31.9 Å². The number of hydrogen-bond acceptors (Lipinski definition) is 5. The summed E-state index contributed by atoms with van der Waals surface area (Å²) in [6.45, 7) is 4.50. The maximum Gasteiger partial charge on any atom is 0.324 e. The summed E-state index contributed by atoms with van der Waals surface area (Å²) in [5.41, 5.74) is 11.9. The molecule has 0 saturated heterocycles. The topological polar surface area (TPSA) is 119 Å². The first kappa shape index (κ1) is 24.7. The highest BCUT2D eigenvalue weighted by molar-refractivity contribution is 9.11. The van der Waals surface area contributed by atoms with Gasteiger partial charge in [0.25, 0.3) is 0 Å². The third-order valence-corrected chi connectivity index (χ3v) is 6.10. The maximum atomic E-state index is 11.8. The zero-order chi connectivity index (χ0) is 22.5. The van der Waals surface area contributed by atoms with Crippen LogP contribution in [0.2, 0.25) is 0 Å². The lowest BCUT2D eigenvalue weighted by Gasteiger charge is -2.25. The van der Waals surface area contributed by atoms with Crippen molar-refractivity contribution in [3.8, 4) is 17.2 Å². The van der Waals surface area contributed by atoms with Crippen LogP contribution in [0.15, 0.2) is 39.3 Å². The number of hydrogen-bond donors (Lipinski definition) is 4. The molecule has 6 nitrogen and oxygen atoms in total. The molecular weight excluding hydrogens is 516 g/mol. The van der Waals surface area contributed by atoms with Crippen LogP contribution in [0.1, 0.15) is 50.2 Å². The van der Waals surface area contributed by atoms with Gasteiger partial charge in [-0.3, -0.25) is 4.79 Å². The van der Waals surface area contributed by atoms with Crippen molar-refractivity contribution in [2.75, 3.05) is 6.54 Å². The van der Waals surface area contributed by atoms with E-state index in [1.54, 1.807) is 18.2 Å². The first-order valence-electron chi connectivity index (χ1n) is 9.78. The number of carboxylic acids is 1. The van der Waals surface area contributed by atoms with Gasteiger partial charge in [0.1, 0.15) is 17.0 Å². The summed E-state index contributed by atoms with van der Waals surface area (Å²) < 4.78 is 7.37. The summed E-state index contributed by atoms with van der Waals surface area (Å²) in [4.78, 5) is 11.8. The number of halogens is 2. The van der Waals surface area contributed by atoms with Crippen LogP contribution < -0.4 is 16.2 Å². The lowest BCUT2D eigenvalue weighted by Crippen LogP contribution is -2.50. The Balaban J connectivity index is 2.27. The number of phenols is 1. The number of carboxylic acid groups (broad SMARTS) is 1. The molecule has 0 aliphatic carbocycles. The molecule has 0 spiro atoms. The summed E-state index contributed by atoms with van der Waals surface area (Å²) in [5, 5.41) is 19.7. The SMILES string of the molecule is CC(C)c1cc(Oc2c(Br)cc(CC(N)(CCCCN)C(=O)O)cc2Br)ccc1O. The zero-order valence-corrected chi connectivity index (χ0v) is 20.3. The molecule has 0 saturated carbocycles. The molecular formula is C22H28Br2N2O4. The minimum Gasteiger partial charge on any atom is -0.508 e. The fourth-order valence-electron chi connectivity index (χ4n) is 3.21. The van der Waals surface area contributed by atoms with Crippen LogP contribution in [-0.2, 0) is 11.2 Å². The molecule has 164 valence electrons. The van der Waals surface area contributed by atoms with Crippen molar-refractivity contribution in [2.24, 2.45) is 11.5 Å². The fourth-order valence-corrected chi connectivity index (χ4v) is 4.65. The lowest BCUT2D eigenvalue weighted by molar-refractivity contribution is -0.143. The summed E-state index contributed by atoms with van der Waals surface area (Å²) in [6, 6.07) is 8.74. The van der Waals surface area contributed by atoms with E-state index in [0.717, 1.165) is 17.5 Å². The molecule has 0 radical (unpaired) electrons. The Kier molecular flexibility index (Phi) is 8.73. The maximum absolute atomic E-state index is 11.8. The Morgan fingerprint density at radius 1 is 1.17 bits per heavy atom. The highest BCUT2D eigenvalue weighted by Crippen LogP contribution is 2.40. The number of benzene rings is 2. The molecule has 2 aromatic carbocycles. The van der Waals surface area contributed by atoms with E-state index >= 15 is 0 Å². The second kappa shape index (κ2) is 10.6. The van der Waals surface area contributed by atoms with Crippen LogP contribution in [0.5, 0.6) is 17.2 Å². The van der Waals surface area contributed by atoms with Crippen LogP contribution in [0.4, 0.5) is 0 Å². The number of carbonyl (C=O) groups is 1. The van der Waals surface area contributed by atoms with Crippen LogP contribution in [-0.4, -0.2) is 28.3 Å². The van der Waals surface area contributed by atoms with Crippen molar-refractivity contribution in [1.29, 1.82) is 0 Å². The summed E-state index contributed by atoms with van der Waals surface area (Å²) >= 11 is 7.03. The second-order valence-electron chi connectivity index (χ2n) is 7.75. The molecule has 0 bridgehead atoms. The predicted octanol–water partition coefficient (Wildman–Crippen LogP) is 5.29. The highest BCUT2D eigenvalue weighted by atomic mass is 79.9. The second-order valence-corrected chi connectivity index (χ2v) is 9.46. The Labute approximate surface area is 193 Å². The van der Waals surface area contributed by atoms with E-state index in [-0.39, 0.29) is 18.1 Å². The highest BCUT2D eigenvalue weighted by Gasteiger charge is 2.34. The van der Waals surface area contributed by atoms with E-state index in [1.807, 2.05) is 26.0 Å². The molecule has 8 heteroatoms. The Hall–Kier alpha value is -1.61. The Morgan fingerprint density at radius 2 is 1.80 bits per heavy atom. The normalized spacial score (nSPS) is 13.3. The minimum absolute atomic E-state index is 0.149. The number of nitrogens with two attached hydrogens (primary N) is 2. The smallest absolute Gasteiger partial charge is 0.324 e. The number of aromatic hydroxyl groups is 1. The van der Waals surface area contributed by atoms with Gasteiger partial charge in [-0.05, 0) is 99.5 Å². The zero-order valence-electron chi connectivity index (χ0n) is 17.1. The molecule has 6 N–H and O–H groups in total. The monoisotopic (exact) mass is 542 g/mol. The lowest BCUT2D eigenvalue weighted by atomic mass is 9.87. The molecule has 0 aliphatic heterocycles. The number of aliphatic carboxylic acids is 1. The van der Waals surface area contributed by atoms with Gasteiger partial charge in [-0.2, -0.15) is 0 Å². The average molecular weight is 544 g/mol. The molecule has 0 aliphatic rings. The van der Waals surface area contributed by atoms with E-state index in [0.29, 0.717) is 39.8 Å². The molecule has 30 heavy (non-hydrogen) atoms. The molecule has 1 atom stereocenters. The van der Waals surface area contributed by atoms with Crippen LogP contribution in [0, 0.1) is 0 Å². The standard InChI is InChI=1S/C22H28Br2N2O4/c1-13(2)16-11-15(5-6-19(16)27)30-20-17(23)9-14(10-18(20)24)12-22(26,21(28)29)7-3-4-8-25/h5-6,9-11,13,27H,3-4,7-8,12,25-26H2,1-2H3,(H,28,29). The van der Waals surface area contributed by atoms with E-state index < -0.39 is 11.5 Å². The first-order valence-corrected chi connectivity index (χ1v) is 11.4. The van der Waals surface area contributed by atoms with Crippen molar-refractivity contribution in [3.63, 3.8) is 0 Å². The number of phenolic OH excluding ortho intramolecular Hbond substituents is 1. The quantitative estimate of drug-likeness (QED) is 0.302. The third-order valence-electron chi connectivity index (χ3n) is 4.92. The van der Waals surface area contributed by atoms with Gasteiger partial charge in [0.15, 0.2) is 5.75 Å². The summed E-state index contributed by atoms with van der Waals surface area (Å²) in [5.74, 6) is 0.493. The van der Waals surface area contributed by atoms with Gasteiger partial charge in [0.05, 0.1) is 8.95 Å². The third kappa shape index (κ3) is 6.20. The van der Waals surface area contributed by atoms with E-state index in [1.165, 1.54) is 0 Å². The van der Waals surface area contributed by atoms with Crippen molar-refractivity contribution >= 4 is 37.8 Å². The minimum atomic E-state index is -1.36. The van der Waals surface area contributed by atoms with Crippen LogP contribution >= 0.6 is 31.9 Å². The Bertz CT molecular complexity index is 882. The van der Waals surface area contributed by atoms with Gasteiger partial charge in [-0.1, -0.05) is 13.8 Å². The van der Waals surface area contributed by atoms with Gasteiger partial charge in [0, 0.05) is 12.0 Å². The molecule has 0 aromatic heterocycles. The first-order chi connectivity index (χ1) is 14.1. The predicted molar refractivity (Wildman–Crippen MR) is 125 cm³/mol. The van der Waals surface area contributed by atoms with Crippen molar-refractivity contribution in [1.82, 2.24) is 0 Å². The average Bonchev–Trinajstić information content (AvgIpc) is 2.65. The Morgan fingerprint density at radius 3 is 2.33 bits per heavy atom. The van der Waals surface area contributed by atoms with Crippen molar-refractivity contribution in [3.05, 3.63) is 50.4 Å². The number of ether oxygens (including phenoxy) is 1. The van der Waals surface area contributed by atoms with Crippen LogP contribution in [0.3, 0.4) is 0 Å². The van der Waals surface area contributed by atoms with E-state index in [4.69, 9.17) is 16.2 Å². The number of unbranched alkanes of at least 4 members (excludes halogenated alkanes) is 1. The molecule has 0 amide bonds. The van der Waals surface area contributed by atoms with E-state index in [9.17, 15) is 15.0 Å². The molecule has 2 rings (SSSR count). The van der Waals surface area contributed by atoms with Gasteiger partial charge in [-0.15, -0.1) is 0 Å². The molecule has 2 aromatic rings. The summed E-state index contributed by atoms with van der Waals surface area (Å²) in [6.07, 6.45) is 1.92. The van der Waals surface area contributed by atoms with Gasteiger partial charge < -0.3 is 26.4 Å². The van der Waals surface area contributed by atoms with Crippen molar-refractivity contribution < 1.29 is 19.7 Å². The summed E-state index contributed by atoms with van der Waals surface area (Å²) in [7, 11) is 0. The van der Waals surface area contributed by atoms with Crippen LogP contribution in [0.25, 0.3) is 0 Å². The van der Waals surface area contributed by atoms with Gasteiger partial charge in [0.2, 0.25) is 0 Å². The molecule has 1 unspecified atom stereocenters. The van der Waals surface area contributed by atoms with Crippen molar-refractivity contribution in [2.45, 2.75) is 51.0 Å². The largest absolute Gasteiger partial charge is 0.508 e.